The molecule has 6 rings (SSSR count). The summed E-state index contributed by atoms with van der Waals surface area (Å²) in [5, 5.41) is 5.20. The van der Waals surface area contributed by atoms with Crippen LogP contribution in [0.2, 0.25) is 0 Å². The maximum atomic E-state index is 3.57. The van der Waals surface area contributed by atoms with Crippen molar-refractivity contribution in [2.24, 2.45) is 0 Å². The van der Waals surface area contributed by atoms with Gasteiger partial charge in [0.25, 0.3) is 0 Å². The first-order valence-corrected chi connectivity index (χ1v) is 8.90. The summed E-state index contributed by atoms with van der Waals surface area (Å²) in [6.45, 7) is 0. The van der Waals surface area contributed by atoms with Crippen molar-refractivity contribution in [1.82, 2.24) is 9.55 Å². The predicted molar refractivity (Wildman–Crippen MR) is 110 cm³/mol. The monoisotopic (exact) mass is 332 g/mol. The van der Waals surface area contributed by atoms with Crippen LogP contribution in [-0.2, 0) is 0 Å². The predicted octanol–water partition coefficient (Wildman–Crippen LogP) is 6.42. The van der Waals surface area contributed by atoms with E-state index in [-0.39, 0.29) is 0 Å². The highest BCUT2D eigenvalue weighted by atomic mass is 15.0. The molecule has 4 aromatic carbocycles. The fraction of sp³-hybridized carbons (Fsp3) is 0. The summed E-state index contributed by atoms with van der Waals surface area (Å²) < 4.78 is 2.37. The summed E-state index contributed by atoms with van der Waals surface area (Å²) >= 11 is 0. The van der Waals surface area contributed by atoms with Gasteiger partial charge in [-0.3, -0.25) is 0 Å². The average molecular weight is 332 g/mol. The number of hydrogen-bond acceptors (Lipinski definition) is 0. The number of aromatic nitrogens is 2. The summed E-state index contributed by atoms with van der Waals surface area (Å²) in [4.78, 5) is 3.57. The van der Waals surface area contributed by atoms with Gasteiger partial charge in [0.2, 0.25) is 0 Å². The molecule has 2 aromatic heterocycles. The van der Waals surface area contributed by atoms with Crippen LogP contribution >= 0.6 is 0 Å². The lowest BCUT2D eigenvalue weighted by molar-refractivity contribution is 1.18. The van der Waals surface area contributed by atoms with E-state index in [1.165, 1.54) is 49.3 Å². The topological polar surface area (TPSA) is 20.7 Å². The van der Waals surface area contributed by atoms with Crippen LogP contribution < -0.4 is 0 Å². The molecule has 0 amide bonds. The van der Waals surface area contributed by atoms with Crippen molar-refractivity contribution in [1.29, 1.82) is 0 Å². The quantitative estimate of drug-likeness (QED) is 0.359. The smallest absolute Gasteiger partial charge is 0.0548 e. The molecule has 0 saturated carbocycles. The number of hydrogen-bond donors (Lipinski definition) is 1. The molecule has 0 atom stereocenters. The molecule has 0 aliphatic carbocycles. The highest BCUT2D eigenvalue weighted by molar-refractivity contribution is 6.28. The molecule has 2 nitrogen and oxygen atoms in total. The Bertz CT molecular complexity index is 1420. The van der Waals surface area contributed by atoms with E-state index in [0.717, 1.165) is 0 Å². The van der Waals surface area contributed by atoms with Crippen molar-refractivity contribution in [3.8, 4) is 5.69 Å². The number of nitrogens with one attached hydrogen (secondary N) is 1. The maximum Gasteiger partial charge on any atom is 0.0548 e. The van der Waals surface area contributed by atoms with Crippen molar-refractivity contribution in [3.63, 3.8) is 0 Å². The molecule has 2 heterocycles. The summed E-state index contributed by atoms with van der Waals surface area (Å²) in [6.07, 6.45) is 0. The second kappa shape index (κ2) is 4.99. The molecule has 26 heavy (non-hydrogen) atoms. The van der Waals surface area contributed by atoms with E-state index < -0.39 is 0 Å². The minimum Gasteiger partial charge on any atom is -0.354 e. The van der Waals surface area contributed by atoms with E-state index in [2.05, 4.69) is 101 Å². The Morgan fingerprint density at radius 3 is 2.12 bits per heavy atom. The number of para-hydroxylation sites is 3. The first-order valence-electron chi connectivity index (χ1n) is 8.90. The molecule has 122 valence electrons. The molecular weight excluding hydrogens is 316 g/mol. The summed E-state index contributed by atoms with van der Waals surface area (Å²) in [5.41, 5.74) is 6.06. The van der Waals surface area contributed by atoms with Crippen LogP contribution in [0, 0.1) is 0 Å². The molecule has 2 heteroatoms. The lowest BCUT2D eigenvalue weighted by atomic mass is 10.1. The Morgan fingerprint density at radius 2 is 1.23 bits per heavy atom. The van der Waals surface area contributed by atoms with Gasteiger partial charge in [0, 0.05) is 38.3 Å². The molecule has 0 aliphatic rings. The zero-order valence-corrected chi connectivity index (χ0v) is 14.1. The van der Waals surface area contributed by atoms with Gasteiger partial charge in [-0.15, -0.1) is 0 Å². The van der Waals surface area contributed by atoms with Crippen molar-refractivity contribution in [2.75, 3.05) is 0 Å². The number of rotatable bonds is 1. The van der Waals surface area contributed by atoms with Crippen LogP contribution in [0.1, 0.15) is 0 Å². The van der Waals surface area contributed by atoms with Gasteiger partial charge in [-0.1, -0.05) is 54.6 Å². The molecule has 0 fully saturated rings. The third-order valence-electron chi connectivity index (χ3n) is 5.32. The van der Waals surface area contributed by atoms with Crippen LogP contribution in [0.4, 0.5) is 0 Å². The van der Waals surface area contributed by atoms with Crippen LogP contribution in [0.25, 0.3) is 49.3 Å². The van der Waals surface area contributed by atoms with Crippen LogP contribution in [0.3, 0.4) is 0 Å². The van der Waals surface area contributed by atoms with E-state index in [9.17, 15) is 0 Å². The Kier molecular flexibility index (Phi) is 2.64. The van der Waals surface area contributed by atoms with E-state index in [4.69, 9.17) is 0 Å². The second-order valence-electron chi connectivity index (χ2n) is 6.74. The Labute approximate surface area is 150 Å². The van der Waals surface area contributed by atoms with Gasteiger partial charge in [0.15, 0.2) is 0 Å². The first-order chi connectivity index (χ1) is 12.9. The zero-order chi connectivity index (χ0) is 17.1. The van der Waals surface area contributed by atoms with Gasteiger partial charge in [0.1, 0.15) is 0 Å². The van der Waals surface area contributed by atoms with Crippen LogP contribution in [-0.4, -0.2) is 9.55 Å². The third kappa shape index (κ3) is 1.71. The lowest BCUT2D eigenvalue weighted by Gasteiger charge is -2.07. The van der Waals surface area contributed by atoms with E-state index in [1.54, 1.807) is 0 Å². The fourth-order valence-corrected chi connectivity index (χ4v) is 4.25. The van der Waals surface area contributed by atoms with Crippen molar-refractivity contribution in [3.05, 3.63) is 91.0 Å². The molecule has 0 aliphatic heterocycles. The molecule has 0 spiro atoms. The minimum absolute atomic E-state index is 1.19. The van der Waals surface area contributed by atoms with Gasteiger partial charge in [-0.25, -0.2) is 0 Å². The number of benzene rings is 4. The molecule has 1 N–H and O–H groups in total. The zero-order valence-electron chi connectivity index (χ0n) is 14.1. The van der Waals surface area contributed by atoms with Gasteiger partial charge in [0.05, 0.1) is 11.0 Å². The van der Waals surface area contributed by atoms with E-state index in [1.807, 2.05) is 0 Å². The van der Waals surface area contributed by atoms with Crippen molar-refractivity contribution >= 4 is 43.6 Å². The Morgan fingerprint density at radius 1 is 0.500 bits per heavy atom. The molecule has 6 aromatic rings. The van der Waals surface area contributed by atoms with Gasteiger partial charge < -0.3 is 9.55 Å². The molecule has 0 saturated heterocycles. The third-order valence-corrected chi connectivity index (χ3v) is 5.32. The first kappa shape index (κ1) is 13.7. The normalized spacial score (nSPS) is 11.8. The molecule has 0 unspecified atom stereocenters. The Hall–Kier alpha value is -3.52. The highest BCUT2D eigenvalue weighted by Crippen LogP contribution is 2.39. The number of aromatic amines is 1. The number of H-pyrrole nitrogens is 1. The molecule has 0 bridgehead atoms. The van der Waals surface area contributed by atoms with Crippen molar-refractivity contribution in [2.45, 2.75) is 0 Å². The van der Waals surface area contributed by atoms with Crippen LogP contribution in [0.5, 0.6) is 0 Å². The van der Waals surface area contributed by atoms with Gasteiger partial charge in [-0.05, 0) is 36.4 Å². The largest absolute Gasteiger partial charge is 0.354 e. The SMILES string of the molecule is c1ccc(-n2c3ccccc3c3c4c(ccc32)[nH]c2ccccc24)cc1. The van der Waals surface area contributed by atoms with E-state index in [0.29, 0.717) is 0 Å². The minimum atomic E-state index is 1.19. The van der Waals surface area contributed by atoms with Crippen LogP contribution in [0.15, 0.2) is 91.0 Å². The summed E-state index contributed by atoms with van der Waals surface area (Å²) in [5.74, 6) is 0. The average Bonchev–Trinajstić information content (AvgIpc) is 3.24. The summed E-state index contributed by atoms with van der Waals surface area (Å²) in [7, 11) is 0. The van der Waals surface area contributed by atoms with Gasteiger partial charge in [-0.2, -0.15) is 0 Å². The fourth-order valence-electron chi connectivity index (χ4n) is 4.25. The second-order valence-corrected chi connectivity index (χ2v) is 6.74. The summed E-state index contributed by atoms with van der Waals surface area (Å²) in [6, 6.07) is 32.3. The molecule has 0 radical (unpaired) electrons. The number of fused-ring (bicyclic) bond motifs is 7. The van der Waals surface area contributed by atoms with E-state index >= 15 is 0 Å². The van der Waals surface area contributed by atoms with Gasteiger partial charge >= 0.3 is 0 Å². The standard InChI is InChI=1S/C24H16N2/c1-2-8-16(9-3-1)26-21-13-7-5-11-18(21)24-22(26)15-14-20-23(24)17-10-4-6-12-19(17)25-20/h1-15,25H. The van der Waals surface area contributed by atoms with Crippen molar-refractivity contribution < 1.29 is 0 Å². The Balaban J connectivity index is 1.92. The maximum absolute atomic E-state index is 3.57. The number of nitrogens with zero attached hydrogens (tertiary/aromatic N) is 1. The highest BCUT2D eigenvalue weighted by Gasteiger charge is 2.16. The molecular formula is C24H16N2. The lowest BCUT2D eigenvalue weighted by Crippen LogP contribution is -1.92.